The highest BCUT2D eigenvalue weighted by Crippen LogP contribution is 2.18. The van der Waals surface area contributed by atoms with Gasteiger partial charge in [0.1, 0.15) is 0 Å². The van der Waals surface area contributed by atoms with Crippen LogP contribution in [-0.4, -0.2) is 11.9 Å². The van der Waals surface area contributed by atoms with Crippen LogP contribution in [-0.2, 0) is 0 Å². The summed E-state index contributed by atoms with van der Waals surface area (Å²) in [5.41, 5.74) is 0.938. The first-order valence-electron chi connectivity index (χ1n) is 3.03. The van der Waals surface area contributed by atoms with Gasteiger partial charge in [0.25, 0.3) is 0 Å². The van der Waals surface area contributed by atoms with Gasteiger partial charge >= 0.3 is 0 Å². The summed E-state index contributed by atoms with van der Waals surface area (Å²) < 4.78 is 0. The Morgan fingerprint density at radius 3 is 3.30 bits per heavy atom. The van der Waals surface area contributed by atoms with E-state index in [1.165, 1.54) is 0 Å². The molecular weight excluding hydrogens is 148 g/mol. The van der Waals surface area contributed by atoms with Crippen LogP contribution in [0.25, 0.3) is 0 Å². The highest BCUT2D eigenvalue weighted by Gasteiger charge is 2.16. The first-order valence-corrected chi connectivity index (χ1v) is 3.40. The SMILES string of the molecule is ClC1=CC2=NN=C[C@@H]2C=C1. The van der Waals surface area contributed by atoms with Gasteiger partial charge in [0, 0.05) is 11.2 Å². The summed E-state index contributed by atoms with van der Waals surface area (Å²) in [7, 11) is 0. The standard InChI is InChI=1S/C7H5ClN2/c8-6-2-1-5-4-9-10-7(5)3-6/h1-5H/t5-/m0/s1. The molecule has 0 aromatic heterocycles. The van der Waals surface area contributed by atoms with Crippen LogP contribution in [0.1, 0.15) is 0 Å². The molecule has 0 bridgehead atoms. The van der Waals surface area contributed by atoms with E-state index in [0.717, 1.165) is 10.7 Å². The molecule has 0 saturated heterocycles. The Hall–Kier alpha value is -0.890. The van der Waals surface area contributed by atoms with Crippen LogP contribution in [0.15, 0.2) is 33.5 Å². The van der Waals surface area contributed by atoms with E-state index in [1.54, 1.807) is 6.21 Å². The second-order valence-electron chi connectivity index (χ2n) is 2.20. The molecule has 3 heteroatoms. The van der Waals surface area contributed by atoms with E-state index in [0.29, 0.717) is 0 Å². The van der Waals surface area contributed by atoms with Gasteiger partial charge in [-0.2, -0.15) is 10.2 Å². The average molecular weight is 153 g/mol. The highest BCUT2D eigenvalue weighted by molar-refractivity contribution is 6.34. The largest absolute Gasteiger partial charge is 0.162 e. The second kappa shape index (κ2) is 2.06. The molecule has 0 radical (unpaired) electrons. The number of fused-ring (bicyclic) bond motifs is 1. The molecule has 0 fully saturated rings. The van der Waals surface area contributed by atoms with Crippen molar-refractivity contribution >= 4 is 23.5 Å². The van der Waals surface area contributed by atoms with E-state index in [-0.39, 0.29) is 5.92 Å². The van der Waals surface area contributed by atoms with Crippen molar-refractivity contribution in [3.8, 4) is 0 Å². The molecule has 1 aliphatic carbocycles. The Morgan fingerprint density at radius 2 is 2.40 bits per heavy atom. The van der Waals surface area contributed by atoms with Crippen molar-refractivity contribution in [1.29, 1.82) is 0 Å². The van der Waals surface area contributed by atoms with E-state index in [2.05, 4.69) is 10.2 Å². The molecule has 1 aliphatic heterocycles. The molecule has 1 atom stereocenters. The lowest BCUT2D eigenvalue weighted by Crippen LogP contribution is -2.09. The van der Waals surface area contributed by atoms with Crippen molar-refractivity contribution in [1.82, 2.24) is 0 Å². The Balaban J connectivity index is 2.39. The third-order valence-electron chi connectivity index (χ3n) is 1.49. The summed E-state index contributed by atoms with van der Waals surface area (Å²) in [5.74, 6) is 0.266. The minimum atomic E-state index is 0.266. The zero-order valence-corrected chi connectivity index (χ0v) is 5.92. The molecule has 50 valence electrons. The van der Waals surface area contributed by atoms with Gasteiger partial charge in [-0.05, 0) is 12.2 Å². The maximum Gasteiger partial charge on any atom is 0.0768 e. The predicted octanol–water partition coefficient (Wildman–Crippen LogP) is 1.74. The van der Waals surface area contributed by atoms with Gasteiger partial charge in [-0.1, -0.05) is 17.7 Å². The highest BCUT2D eigenvalue weighted by atomic mass is 35.5. The van der Waals surface area contributed by atoms with Gasteiger partial charge in [-0.3, -0.25) is 0 Å². The van der Waals surface area contributed by atoms with Crippen LogP contribution < -0.4 is 0 Å². The zero-order valence-electron chi connectivity index (χ0n) is 5.16. The quantitative estimate of drug-likeness (QED) is 0.505. The lowest BCUT2D eigenvalue weighted by atomic mass is 10.0. The Labute approximate surface area is 63.6 Å². The Bertz CT molecular complexity index is 273. The second-order valence-corrected chi connectivity index (χ2v) is 2.64. The van der Waals surface area contributed by atoms with Gasteiger partial charge in [-0.15, -0.1) is 0 Å². The molecule has 0 N–H and O–H groups in total. The van der Waals surface area contributed by atoms with Crippen LogP contribution in [0.5, 0.6) is 0 Å². The van der Waals surface area contributed by atoms with Crippen molar-refractivity contribution in [2.75, 3.05) is 0 Å². The fourth-order valence-electron chi connectivity index (χ4n) is 0.973. The minimum Gasteiger partial charge on any atom is -0.162 e. The van der Waals surface area contributed by atoms with E-state index < -0.39 is 0 Å². The van der Waals surface area contributed by atoms with Crippen molar-refractivity contribution < 1.29 is 0 Å². The molecule has 0 aromatic rings. The van der Waals surface area contributed by atoms with Gasteiger partial charge in [0.2, 0.25) is 0 Å². The van der Waals surface area contributed by atoms with E-state index >= 15 is 0 Å². The van der Waals surface area contributed by atoms with Gasteiger partial charge in [-0.25, -0.2) is 0 Å². The number of allylic oxidation sites excluding steroid dienone is 4. The number of rotatable bonds is 0. The number of nitrogens with zero attached hydrogens (tertiary/aromatic N) is 2. The maximum atomic E-state index is 5.72. The van der Waals surface area contributed by atoms with Crippen LogP contribution in [0.4, 0.5) is 0 Å². The number of halogens is 1. The lowest BCUT2D eigenvalue weighted by Gasteiger charge is -2.05. The molecular formula is C7H5ClN2. The molecule has 2 nitrogen and oxygen atoms in total. The molecule has 0 amide bonds. The zero-order chi connectivity index (χ0) is 6.97. The van der Waals surface area contributed by atoms with Crippen LogP contribution in [0.2, 0.25) is 0 Å². The summed E-state index contributed by atoms with van der Waals surface area (Å²) in [6.07, 6.45) is 7.48. The van der Waals surface area contributed by atoms with E-state index in [9.17, 15) is 0 Å². The molecule has 2 rings (SSSR count). The van der Waals surface area contributed by atoms with Crippen LogP contribution in [0, 0.1) is 5.92 Å². The van der Waals surface area contributed by atoms with Gasteiger partial charge in [0.15, 0.2) is 0 Å². The van der Waals surface area contributed by atoms with Crippen molar-refractivity contribution in [3.05, 3.63) is 23.3 Å². The van der Waals surface area contributed by atoms with Gasteiger partial charge < -0.3 is 0 Å². The lowest BCUT2D eigenvalue weighted by molar-refractivity contribution is 1.26. The van der Waals surface area contributed by atoms with Crippen LogP contribution in [0.3, 0.4) is 0 Å². The fourth-order valence-corrected chi connectivity index (χ4v) is 1.16. The summed E-state index contributed by atoms with van der Waals surface area (Å²) in [6, 6.07) is 0. The molecule has 1 heterocycles. The molecule has 2 aliphatic rings. The van der Waals surface area contributed by atoms with E-state index in [1.807, 2.05) is 18.2 Å². The smallest absolute Gasteiger partial charge is 0.0768 e. The summed E-state index contributed by atoms with van der Waals surface area (Å²) in [6.45, 7) is 0. The first-order chi connectivity index (χ1) is 4.86. The Kier molecular flexibility index (Phi) is 1.21. The van der Waals surface area contributed by atoms with Crippen LogP contribution >= 0.6 is 11.6 Å². The summed E-state index contributed by atoms with van der Waals surface area (Å²) in [4.78, 5) is 0. The topological polar surface area (TPSA) is 24.7 Å². The fraction of sp³-hybridized carbons (Fsp3) is 0.143. The first kappa shape index (κ1) is 5.86. The molecule has 0 unspecified atom stereocenters. The summed E-state index contributed by atoms with van der Waals surface area (Å²) in [5, 5.41) is 8.38. The minimum absolute atomic E-state index is 0.266. The Morgan fingerprint density at radius 1 is 1.50 bits per heavy atom. The molecule has 0 saturated carbocycles. The van der Waals surface area contributed by atoms with E-state index in [4.69, 9.17) is 11.6 Å². The predicted molar refractivity (Wildman–Crippen MR) is 42.5 cm³/mol. The molecule has 10 heavy (non-hydrogen) atoms. The maximum absolute atomic E-state index is 5.72. The molecule has 0 aromatic carbocycles. The van der Waals surface area contributed by atoms with Gasteiger partial charge in [0.05, 0.1) is 11.6 Å². The monoisotopic (exact) mass is 152 g/mol. The summed E-state index contributed by atoms with van der Waals surface area (Å²) >= 11 is 5.72. The normalized spacial score (nSPS) is 27.9. The molecule has 0 spiro atoms. The van der Waals surface area contributed by atoms with Crippen molar-refractivity contribution in [3.63, 3.8) is 0 Å². The van der Waals surface area contributed by atoms with Crippen molar-refractivity contribution in [2.24, 2.45) is 16.1 Å². The average Bonchev–Trinajstić information content (AvgIpc) is 2.33. The number of hydrogen-bond donors (Lipinski definition) is 0. The number of hydrogen-bond acceptors (Lipinski definition) is 2. The third kappa shape index (κ3) is 0.809. The third-order valence-corrected chi connectivity index (χ3v) is 1.73. The van der Waals surface area contributed by atoms with Crippen molar-refractivity contribution in [2.45, 2.75) is 0 Å².